The highest BCUT2D eigenvalue weighted by atomic mass is 16.7. The van der Waals surface area contributed by atoms with Gasteiger partial charge in [0.15, 0.2) is 5.79 Å². The third-order valence-corrected chi connectivity index (χ3v) is 4.27. The molecule has 3 saturated heterocycles. The van der Waals surface area contributed by atoms with E-state index in [4.69, 9.17) is 14.2 Å². The Kier molecular flexibility index (Phi) is 4.16. The summed E-state index contributed by atoms with van der Waals surface area (Å²) in [5.74, 6) is -0.227. The highest BCUT2D eigenvalue weighted by Gasteiger charge is 2.39. The largest absolute Gasteiger partial charge is 0.379 e. The molecule has 0 saturated carbocycles. The van der Waals surface area contributed by atoms with Crippen LogP contribution in [-0.4, -0.2) is 81.3 Å². The predicted octanol–water partition coefficient (Wildman–Crippen LogP) is 0.158. The third kappa shape index (κ3) is 3.03. The van der Waals surface area contributed by atoms with Crippen molar-refractivity contribution < 1.29 is 14.2 Å². The van der Waals surface area contributed by atoms with E-state index in [0.29, 0.717) is 0 Å². The van der Waals surface area contributed by atoms with Gasteiger partial charge in [-0.2, -0.15) is 0 Å². The maximum atomic E-state index is 5.75. The minimum absolute atomic E-state index is 0.227. The smallest absolute Gasteiger partial charge is 0.170 e. The summed E-state index contributed by atoms with van der Waals surface area (Å²) < 4.78 is 16.9. The molecule has 3 fully saturated rings. The quantitative estimate of drug-likeness (QED) is 0.718. The Labute approximate surface area is 109 Å². The Hall–Kier alpha value is -0.200. The Bertz CT molecular complexity index is 253. The number of rotatable bonds is 3. The SMILES string of the molecule is C1CN(CCN2CCC3(CC2)OCCO3)CCO1. The summed E-state index contributed by atoms with van der Waals surface area (Å²) in [5, 5.41) is 0. The highest BCUT2D eigenvalue weighted by molar-refractivity contribution is 4.83. The van der Waals surface area contributed by atoms with Crippen LogP contribution in [0.15, 0.2) is 0 Å². The number of morpholine rings is 1. The van der Waals surface area contributed by atoms with Crippen molar-refractivity contribution in [1.82, 2.24) is 9.80 Å². The van der Waals surface area contributed by atoms with E-state index in [1.807, 2.05) is 0 Å². The van der Waals surface area contributed by atoms with E-state index >= 15 is 0 Å². The zero-order valence-electron chi connectivity index (χ0n) is 11.1. The van der Waals surface area contributed by atoms with Crippen molar-refractivity contribution >= 4 is 0 Å². The number of nitrogens with zero attached hydrogens (tertiary/aromatic N) is 2. The molecule has 0 aromatic rings. The van der Waals surface area contributed by atoms with Crippen LogP contribution in [0.5, 0.6) is 0 Å². The lowest BCUT2D eigenvalue weighted by molar-refractivity contribution is -0.185. The lowest BCUT2D eigenvalue weighted by atomic mass is 10.0. The van der Waals surface area contributed by atoms with Gasteiger partial charge in [-0.3, -0.25) is 4.90 Å². The molecule has 3 heterocycles. The maximum absolute atomic E-state index is 5.75. The van der Waals surface area contributed by atoms with Gasteiger partial charge in [0.05, 0.1) is 26.4 Å². The third-order valence-electron chi connectivity index (χ3n) is 4.27. The van der Waals surface area contributed by atoms with Gasteiger partial charge < -0.3 is 19.1 Å². The van der Waals surface area contributed by atoms with Gasteiger partial charge in [-0.05, 0) is 0 Å². The van der Waals surface area contributed by atoms with Gasteiger partial charge >= 0.3 is 0 Å². The normalized spacial score (nSPS) is 30.0. The lowest BCUT2D eigenvalue weighted by Gasteiger charge is -2.38. The highest BCUT2D eigenvalue weighted by Crippen LogP contribution is 2.30. The van der Waals surface area contributed by atoms with Crippen molar-refractivity contribution in [2.45, 2.75) is 18.6 Å². The Balaban J connectivity index is 1.37. The predicted molar refractivity (Wildman–Crippen MR) is 67.6 cm³/mol. The minimum atomic E-state index is -0.227. The van der Waals surface area contributed by atoms with Gasteiger partial charge in [0.1, 0.15) is 0 Å². The molecule has 0 amide bonds. The van der Waals surface area contributed by atoms with Gasteiger partial charge in [0, 0.05) is 52.1 Å². The van der Waals surface area contributed by atoms with Crippen molar-refractivity contribution in [3.63, 3.8) is 0 Å². The van der Waals surface area contributed by atoms with Crippen molar-refractivity contribution in [3.8, 4) is 0 Å². The van der Waals surface area contributed by atoms with Crippen LogP contribution >= 0.6 is 0 Å². The van der Waals surface area contributed by atoms with E-state index < -0.39 is 0 Å². The van der Waals surface area contributed by atoms with Gasteiger partial charge in [0.25, 0.3) is 0 Å². The Morgan fingerprint density at radius 3 is 1.89 bits per heavy atom. The zero-order valence-corrected chi connectivity index (χ0v) is 11.1. The summed E-state index contributed by atoms with van der Waals surface area (Å²) in [4.78, 5) is 5.03. The van der Waals surface area contributed by atoms with Crippen LogP contribution in [0.3, 0.4) is 0 Å². The molecular formula is C13H24N2O3. The molecule has 0 unspecified atom stereocenters. The van der Waals surface area contributed by atoms with Crippen LogP contribution in [0, 0.1) is 0 Å². The molecule has 0 atom stereocenters. The molecule has 0 bridgehead atoms. The van der Waals surface area contributed by atoms with Crippen molar-refractivity contribution in [1.29, 1.82) is 0 Å². The molecule has 0 radical (unpaired) electrons. The molecule has 5 nitrogen and oxygen atoms in total. The van der Waals surface area contributed by atoms with Gasteiger partial charge in [-0.15, -0.1) is 0 Å². The topological polar surface area (TPSA) is 34.2 Å². The minimum Gasteiger partial charge on any atom is -0.379 e. The standard InChI is InChI=1S/C13H24N2O3/c1-3-14(4-2-13(1)17-11-12-18-13)5-6-15-7-9-16-10-8-15/h1-12H2. The summed E-state index contributed by atoms with van der Waals surface area (Å²) in [6, 6.07) is 0. The molecular weight excluding hydrogens is 232 g/mol. The second kappa shape index (κ2) is 5.84. The fourth-order valence-corrected chi connectivity index (χ4v) is 3.01. The van der Waals surface area contributed by atoms with Crippen LogP contribution in [0.25, 0.3) is 0 Å². The molecule has 0 N–H and O–H groups in total. The molecule has 5 heteroatoms. The fraction of sp³-hybridized carbons (Fsp3) is 1.00. The van der Waals surface area contributed by atoms with Crippen molar-refractivity contribution in [2.24, 2.45) is 0 Å². The average molecular weight is 256 g/mol. The second-order valence-electron chi connectivity index (χ2n) is 5.40. The number of likely N-dealkylation sites (tertiary alicyclic amines) is 1. The van der Waals surface area contributed by atoms with Crippen LogP contribution in [-0.2, 0) is 14.2 Å². The Morgan fingerprint density at radius 2 is 1.28 bits per heavy atom. The van der Waals surface area contributed by atoms with E-state index in [1.54, 1.807) is 0 Å². The lowest BCUT2D eigenvalue weighted by Crippen LogP contribution is -2.48. The van der Waals surface area contributed by atoms with Crippen LogP contribution in [0.1, 0.15) is 12.8 Å². The second-order valence-corrected chi connectivity index (χ2v) is 5.40. The van der Waals surface area contributed by atoms with Gasteiger partial charge in [0.2, 0.25) is 0 Å². The number of piperidine rings is 1. The van der Waals surface area contributed by atoms with Gasteiger partial charge in [-0.25, -0.2) is 0 Å². The summed E-state index contributed by atoms with van der Waals surface area (Å²) in [7, 11) is 0. The first kappa shape index (κ1) is 12.8. The van der Waals surface area contributed by atoms with Crippen LogP contribution in [0.4, 0.5) is 0 Å². The molecule has 104 valence electrons. The zero-order chi connectivity index (χ0) is 12.3. The van der Waals surface area contributed by atoms with E-state index in [-0.39, 0.29) is 5.79 Å². The monoisotopic (exact) mass is 256 g/mol. The van der Waals surface area contributed by atoms with Crippen molar-refractivity contribution in [2.75, 3.05) is 65.7 Å². The average Bonchev–Trinajstić information content (AvgIpc) is 2.88. The van der Waals surface area contributed by atoms with E-state index in [2.05, 4.69) is 9.80 Å². The first-order valence-corrected chi connectivity index (χ1v) is 7.17. The Morgan fingerprint density at radius 1 is 0.722 bits per heavy atom. The summed E-state index contributed by atoms with van der Waals surface area (Å²) >= 11 is 0. The molecule has 3 aliphatic heterocycles. The maximum Gasteiger partial charge on any atom is 0.170 e. The molecule has 3 rings (SSSR count). The molecule has 3 aliphatic rings. The molecule has 0 aromatic heterocycles. The first-order valence-electron chi connectivity index (χ1n) is 7.17. The molecule has 0 aliphatic carbocycles. The van der Waals surface area contributed by atoms with E-state index in [1.165, 1.54) is 0 Å². The molecule has 18 heavy (non-hydrogen) atoms. The van der Waals surface area contributed by atoms with Crippen molar-refractivity contribution in [3.05, 3.63) is 0 Å². The molecule has 1 spiro atoms. The number of hydrogen-bond acceptors (Lipinski definition) is 5. The van der Waals surface area contributed by atoms with Crippen LogP contribution < -0.4 is 0 Å². The van der Waals surface area contributed by atoms with E-state index in [9.17, 15) is 0 Å². The fourth-order valence-electron chi connectivity index (χ4n) is 3.01. The van der Waals surface area contributed by atoms with Crippen LogP contribution in [0.2, 0.25) is 0 Å². The van der Waals surface area contributed by atoms with Gasteiger partial charge in [-0.1, -0.05) is 0 Å². The number of hydrogen-bond donors (Lipinski definition) is 0. The number of ether oxygens (including phenoxy) is 3. The summed E-state index contributed by atoms with van der Waals surface area (Å²) in [5.41, 5.74) is 0. The summed E-state index contributed by atoms with van der Waals surface area (Å²) in [6.07, 6.45) is 2.05. The molecule has 0 aromatic carbocycles. The summed E-state index contributed by atoms with van der Waals surface area (Å²) in [6.45, 7) is 10.0. The van der Waals surface area contributed by atoms with E-state index in [0.717, 1.165) is 78.5 Å². The first-order chi connectivity index (χ1) is 8.86.